The number of hydrogen-bond acceptors (Lipinski definition) is 5. The van der Waals surface area contributed by atoms with E-state index in [4.69, 9.17) is 13.9 Å². The zero-order valence-electron chi connectivity index (χ0n) is 10.2. The molecular weight excluding hydrogens is 236 g/mol. The highest BCUT2D eigenvalue weighted by Crippen LogP contribution is 2.28. The van der Waals surface area contributed by atoms with Crippen LogP contribution in [-0.4, -0.2) is 25.6 Å². The molecule has 2 rings (SSSR count). The molecule has 1 aromatic carbocycles. The lowest BCUT2D eigenvalue weighted by molar-refractivity contribution is -0.100. The van der Waals surface area contributed by atoms with Crippen molar-refractivity contribution in [3.8, 4) is 5.75 Å². The van der Waals surface area contributed by atoms with Crippen molar-refractivity contribution >= 4 is 11.0 Å². The zero-order chi connectivity index (χ0) is 13.1. The monoisotopic (exact) mass is 250 g/mol. The van der Waals surface area contributed by atoms with Gasteiger partial charge < -0.3 is 19.0 Å². The van der Waals surface area contributed by atoms with Crippen molar-refractivity contribution in [2.75, 3.05) is 14.2 Å². The van der Waals surface area contributed by atoms with Gasteiger partial charge in [-0.3, -0.25) is 0 Å². The summed E-state index contributed by atoms with van der Waals surface area (Å²) < 4.78 is 15.1. The number of ether oxygens (including phenoxy) is 2. The van der Waals surface area contributed by atoms with Crippen molar-refractivity contribution in [2.24, 2.45) is 0 Å². The van der Waals surface area contributed by atoms with E-state index in [2.05, 4.69) is 0 Å². The van der Waals surface area contributed by atoms with E-state index in [1.807, 2.05) is 0 Å². The summed E-state index contributed by atoms with van der Waals surface area (Å²) in [6.45, 7) is 0. The Balaban J connectivity index is 2.44. The van der Waals surface area contributed by atoms with Gasteiger partial charge in [-0.05, 0) is 17.7 Å². The van der Waals surface area contributed by atoms with Gasteiger partial charge in [0.15, 0.2) is 6.29 Å². The van der Waals surface area contributed by atoms with E-state index >= 15 is 0 Å². The summed E-state index contributed by atoms with van der Waals surface area (Å²) in [6, 6.07) is 6.14. The molecule has 0 amide bonds. The van der Waals surface area contributed by atoms with Gasteiger partial charge in [0.05, 0.1) is 5.39 Å². The van der Waals surface area contributed by atoms with Crippen molar-refractivity contribution in [3.05, 3.63) is 40.2 Å². The molecule has 0 atom stereocenters. The smallest absolute Gasteiger partial charge is 0.336 e. The molecule has 1 heterocycles. The molecule has 0 aliphatic carbocycles. The van der Waals surface area contributed by atoms with Crippen molar-refractivity contribution in [2.45, 2.75) is 12.7 Å². The quantitative estimate of drug-likeness (QED) is 0.660. The fraction of sp³-hybridized carbons (Fsp3) is 0.308. The fourth-order valence-corrected chi connectivity index (χ4v) is 1.79. The Bertz CT molecular complexity index is 598. The molecule has 5 heteroatoms. The van der Waals surface area contributed by atoms with E-state index in [1.165, 1.54) is 26.4 Å². The SMILES string of the molecule is COC(Cc1ccc2oc(=O)ccc2c1O)OC. The summed E-state index contributed by atoms with van der Waals surface area (Å²) in [7, 11) is 3.07. The fourth-order valence-electron chi connectivity index (χ4n) is 1.79. The van der Waals surface area contributed by atoms with Crippen LogP contribution in [0.3, 0.4) is 0 Å². The van der Waals surface area contributed by atoms with Gasteiger partial charge in [0.1, 0.15) is 11.3 Å². The van der Waals surface area contributed by atoms with Gasteiger partial charge in [-0.25, -0.2) is 4.79 Å². The molecule has 0 aliphatic heterocycles. The number of methoxy groups -OCH3 is 2. The molecule has 0 aliphatic rings. The molecule has 18 heavy (non-hydrogen) atoms. The first-order valence-electron chi connectivity index (χ1n) is 5.46. The normalized spacial score (nSPS) is 11.3. The van der Waals surface area contributed by atoms with Gasteiger partial charge in [-0.15, -0.1) is 0 Å². The van der Waals surface area contributed by atoms with E-state index < -0.39 is 11.9 Å². The second-order valence-corrected chi connectivity index (χ2v) is 3.84. The molecule has 1 N–H and O–H groups in total. The van der Waals surface area contributed by atoms with E-state index in [0.717, 1.165) is 0 Å². The van der Waals surface area contributed by atoms with E-state index in [-0.39, 0.29) is 5.75 Å². The Morgan fingerprint density at radius 2 is 1.94 bits per heavy atom. The third-order valence-corrected chi connectivity index (χ3v) is 2.77. The number of hydrogen-bond donors (Lipinski definition) is 1. The molecule has 2 aromatic rings. The molecule has 0 radical (unpaired) electrons. The second-order valence-electron chi connectivity index (χ2n) is 3.84. The number of fused-ring (bicyclic) bond motifs is 1. The first-order chi connectivity index (χ1) is 8.65. The number of rotatable bonds is 4. The minimum Gasteiger partial charge on any atom is -0.507 e. The van der Waals surface area contributed by atoms with Crippen LogP contribution >= 0.6 is 0 Å². The maximum atomic E-state index is 11.1. The maximum absolute atomic E-state index is 11.1. The molecule has 96 valence electrons. The number of phenols is 1. The third kappa shape index (κ3) is 2.37. The van der Waals surface area contributed by atoms with Gasteiger partial charge in [-0.2, -0.15) is 0 Å². The summed E-state index contributed by atoms with van der Waals surface area (Å²) in [5, 5.41) is 10.6. The molecule has 5 nitrogen and oxygen atoms in total. The lowest BCUT2D eigenvalue weighted by atomic mass is 10.1. The summed E-state index contributed by atoms with van der Waals surface area (Å²) in [4.78, 5) is 11.1. The molecule has 0 fully saturated rings. The zero-order valence-corrected chi connectivity index (χ0v) is 10.2. The van der Waals surface area contributed by atoms with Gasteiger partial charge in [0, 0.05) is 26.7 Å². The maximum Gasteiger partial charge on any atom is 0.336 e. The Morgan fingerprint density at radius 1 is 1.22 bits per heavy atom. The number of phenolic OH excluding ortho intramolecular Hbond substituents is 1. The minimum atomic E-state index is -0.443. The third-order valence-electron chi connectivity index (χ3n) is 2.77. The minimum absolute atomic E-state index is 0.0790. The Labute approximate surface area is 104 Å². The van der Waals surface area contributed by atoms with Crippen LogP contribution in [0.15, 0.2) is 33.5 Å². The van der Waals surface area contributed by atoms with Gasteiger partial charge in [-0.1, -0.05) is 6.07 Å². The first-order valence-corrected chi connectivity index (χ1v) is 5.46. The average molecular weight is 250 g/mol. The van der Waals surface area contributed by atoms with Crippen LogP contribution in [0.1, 0.15) is 5.56 Å². The molecule has 0 bridgehead atoms. The Hall–Kier alpha value is -1.85. The van der Waals surface area contributed by atoms with Crippen molar-refractivity contribution in [3.63, 3.8) is 0 Å². The lowest BCUT2D eigenvalue weighted by Crippen LogP contribution is -2.16. The predicted molar refractivity (Wildman–Crippen MR) is 65.7 cm³/mol. The number of aromatic hydroxyl groups is 1. The molecule has 1 aromatic heterocycles. The van der Waals surface area contributed by atoms with E-state index in [1.54, 1.807) is 12.1 Å². The Kier molecular flexibility index (Phi) is 3.64. The Morgan fingerprint density at radius 3 is 2.61 bits per heavy atom. The molecule has 0 saturated carbocycles. The largest absolute Gasteiger partial charge is 0.507 e. The van der Waals surface area contributed by atoms with E-state index in [9.17, 15) is 9.90 Å². The van der Waals surface area contributed by atoms with Crippen molar-refractivity contribution in [1.82, 2.24) is 0 Å². The topological polar surface area (TPSA) is 68.9 Å². The first kappa shape index (κ1) is 12.6. The van der Waals surface area contributed by atoms with Crippen LogP contribution in [0.2, 0.25) is 0 Å². The van der Waals surface area contributed by atoms with Crippen LogP contribution in [0.4, 0.5) is 0 Å². The van der Waals surface area contributed by atoms with Crippen LogP contribution in [0.5, 0.6) is 5.75 Å². The highest BCUT2D eigenvalue weighted by atomic mass is 16.7. The summed E-state index contributed by atoms with van der Waals surface area (Å²) >= 11 is 0. The summed E-state index contributed by atoms with van der Waals surface area (Å²) in [6.07, 6.45) is -0.0162. The molecule has 0 saturated heterocycles. The van der Waals surface area contributed by atoms with Crippen LogP contribution < -0.4 is 5.63 Å². The van der Waals surface area contributed by atoms with Gasteiger partial charge >= 0.3 is 5.63 Å². The second kappa shape index (κ2) is 5.20. The predicted octanol–water partition coefficient (Wildman–Crippen LogP) is 1.66. The summed E-state index contributed by atoms with van der Waals surface area (Å²) in [5.74, 6) is 0.0790. The molecule has 0 unspecified atom stereocenters. The van der Waals surface area contributed by atoms with Crippen LogP contribution in [-0.2, 0) is 15.9 Å². The van der Waals surface area contributed by atoms with Crippen molar-refractivity contribution in [1.29, 1.82) is 0 Å². The molecule has 0 spiro atoms. The van der Waals surface area contributed by atoms with Crippen molar-refractivity contribution < 1.29 is 19.0 Å². The van der Waals surface area contributed by atoms with Crippen LogP contribution in [0.25, 0.3) is 11.0 Å². The highest BCUT2D eigenvalue weighted by molar-refractivity contribution is 5.84. The van der Waals surface area contributed by atoms with Crippen LogP contribution in [0, 0.1) is 0 Å². The van der Waals surface area contributed by atoms with E-state index in [0.29, 0.717) is 23.0 Å². The standard InChI is InChI=1S/C13H14O5/c1-16-12(17-2)7-8-3-5-10-9(13(8)15)4-6-11(14)18-10/h3-6,12,15H,7H2,1-2H3. The van der Waals surface area contributed by atoms with Gasteiger partial charge in [0.2, 0.25) is 0 Å². The van der Waals surface area contributed by atoms with Gasteiger partial charge in [0.25, 0.3) is 0 Å². The summed E-state index contributed by atoms with van der Waals surface area (Å²) in [5.41, 5.74) is 0.585. The average Bonchev–Trinajstić information content (AvgIpc) is 2.38. The molecular formula is C13H14O5. The lowest BCUT2D eigenvalue weighted by Gasteiger charge is -2.14. The number of benzene rings is 1. The highest BCUT2D eigenvalue weighted by Gasteiger charge is 2.13.